The second kappa shape index (κ2) is 6.29. The van der Waals surface area contributed by atoms with E-state index in [0.29, 0.717) is 24.7 Å². The summed E-state index contributed by atoms with van der Waals surface area (Å²) >= 11 is 0. The van der Waals surface area contributed by atoms with Crippen LogP contribution in [0.4, 0.5) is 0 Å². The molecule has 1 atom stereocenters. The van der Waals surface area contributed by atoms with Gasteiger partial charge in [-0.3, -0.25) is 4.79 Å². The van der Waals surface area contributed by atoms with Gasteiger partial charge in [0.1, 0.15) is 11.6 Å². The highest BCUT2D eigenvalue weighted by Crippen LogP contribution is 2.28. The van der Waals surface area contributed by atoms with E-state index < -0.39 is 0 Å². The normalized spacial score (nSPS) is 18.9. The SMILES string of the molecule is C[C@H]1c2nc(-c3ccccc3)nn2CCN1C(=O)c1nnc2n1CCCC2. The third-order valence-corrected chi connectivity index (χ3v) is 5.44. The van der Waals surface area contributed by atoms with E-state index in [4.69, 9.17) is 4.98 Å². The lowest BCUT2D eigenvalue weighted by Crippen LogP contribution is -2.42. The van der Waals surface area contributed by atoms with Crippen molar-refractivity contribution < 1.29 is 4.79 Å². The molecular formula is C19H21N7O. The van der Waals surface area contributed by atoms with Gasteiger partial charge >= 0.3 is 0 Å². The highest BCUT2D eigenvalue weighted by atomic mass is 16.2. The van der Waals surface area contributed by atoms with E-state index in [1.54, 1.807) is 0 Å². The Bertz CT molecular complexity index is 991. The largest absolute Gasteiger partial charge is 0.324 e. The Morgan fingerprint density at radius 3 is 2.78 bits per heavy atom. The van der Waals surface area contributed by atoms with E-state index in [1.807, 2.05) is 51.4 Å². The molecule has 0 saturated carbocycles. The number of hydrogen-bond acceptors (Lipinski definition) is 5. The standard InChI is InChI=1S/C19H21N7O/c1-13-17-20-16(14-7-3-2-4-8-14)23-26(17)12-11-24(13)19(27)18-22-21-15-9-5-6-10-25(15)18/h2-4,7-8,13H,5-6,9-12H2,1H3/t13-/m0/s1. The summed E-state index contributed by atoms with van der Waals surface area (Å²) in [6.45, 7) is 4.04. The number of hydrogen-bond donors (Lipinski definition) is 0. The molecule has 8 heteroatoms. The Labute approximate surface area is 156 Å². The molecule has 0 N–H and O–H groups in total. The van der Waals surface area contributed by atoms with E-state index in [-0.39, 0.29) is 11.9 Å². The molecule has 0 bridgehead atoms. The van der Waals surface area contributed by atoms with Gasteiger partial charge in [-0.15, -0.1) is 10.2 Å². The summed E-state index contributed by atoms with van der Waals surface area (Å²) in [4.78, 5) is 19.7. The molecule has 0 aliphatic carbocycles. The second-order valence-electron chi connectivity index (χ2n) is 7.11. The average molecular weight is 363 g/mol. The van der Waals surface area contributed by atoms with Crippen molar-refractivity contribution in [3.05, 3.63) is 47.8 Å². The van der Waals surface area contributed by atoms with Crippen molar-refractivity contribution >= 4 is 5.91 Å². The third-order valence-electron chi connectivity index (χ3n) is 5.44. The van der Waals surface area contributed by atoms with E-state index in [9.17, 15) is 4.79 Å². The predicted octanol–water partition coefficient (Wildman–Crippen LogP) is 2.09. The first-order valence-electron chi connectivity index (χ1n) is 9.45. The van der Waals surface area contributed by atoms with Crippen LogP contribution in [-0.2, 0) is 19.5 Å². The Morgan fingerprint density at radius 2 is 1.93 bits per heavy atom. The molecule has 2 aliphatic heterocycles. The predicted molar refractivity (Wildman–Crippen MR) is 97.9 cm³/mol. The molecule has 3 aromatic rings. The monoisotopic (exact) mass is 363 g/mol. The molecule has 8 nitrogen and oxygen atoms in total. The van der Waals surface area contributed by atoms with Gasteiger partial charge in [0.2, 0.25) is 5.82 Å². The molecule has 0 saturated heterocycles. The lowest BCUT2D eigenvalue weighted by Gasteiger charge is -2.32. The molecular weight excluding hydrogens is 342 g/mol. The lowest BCUT2D eigenvalue weighted by molar-refractivity contribution is 0.0611. The lowest BCUT2D eigenvalue weighted by atomic mass is 10.1. The molecule has 138 valence electrons. The van der Waals surface area contributed by atoms with Gasteiger partial charge in [0.15, 0.2) is 5.82 Å². The molecule has 1 aromatic carbocycles. The smallest absolute Gasteiger partial charge is 0.292 e. The Balaban J connectivity index is 1.45. The van der Waals surface area contributed by atoms with Crippen LogP contribution in [0.1, 0.15) is 48.1 Å². The fourth-order valence-electron chi connectivity index (χ4n) is 3.95. The number of fused-ring (bicyclic) bond motifs is 2. The quantitative estimate of drug-likeness (QED) is 0.696. The van der Waals surface area contributed by atoms with Crippen molar-refractivity contribution in [1.82, 2.24) is 34.4 Å². The molecule has 27 heavy (non-hydrogen) atoms. The third kappa shape index (κ3) is 2.63. The van der Waals surface area contributed by atoms with E-state index >= 15 is 0 Å². The molecule has 0 fully saturated rings. The number of amides is 1. The summed E-state index contributed by atoms with van der Waals surface area (Å²) in [6, 6.07) is 9.76. The minimum atomic E-state index is -0.159. The molecule has 4 heterocycles. The van der Waals surface area contributed by atoms with Crippen LogP contribution in [-0.4, -0.2) is 46.9 Å². The van der Waals surface area contributed by atoms with Crippen LogP contribution in [0.15, 0.2) is 30.3 Å². The van der Waals surface area contributed by atoms with Gasteiger partial charge in [0.05, 0.1) is 12.6 Å². The van der Waals surface area contributed by atoms with Crippen LogP contribution in [0.25, 0.3) is 11.4 Å². The van der Waals surface area contributed by atoms with Crippen LogP contribution in [0.2, 0.25) is 0 Å². The van der Waals surface area contributed by atoms with Crippen LogP contribution in [0.3, 0.4) is 0 Å². The minimum absolute atomic E-state index is 0.0707. The summed E-state index contributed by atoms with van der Waals surface area (Å²) < 4.78 is 3.89. The van der Waals surface area contributed by atoms with Crippen LogP contribution >= 0.6 is 0 Å². The first-order chi connectivity index (χ1) is 13.2. The Morgan fingerprint density at radius 1 is 1.07 bits per heavy atom. The highest BCUT2D eigenvalue weighted by Gasteiger charge is 2.34. The van der Waals surface area contributed by atoms with Gasteiger partial charge < -0.3 is 9.47 Å². The molecule has 1 amide bonds. The summed E-state index contributed by atoms with van der Waals surface area (Å²) in [6.07, 6.45) is 3.07. The molecule has 2 aromatic heterocycles. The number of benzene rings is 1. The Hall–Kier alpha value is -3.03. The van der Waals surface area contributed by atoms with Crippen LogP contribution in [0, 0.1) is 0 Å². The van der Waals surface area contributed by atoms with Crippen molar-refractivity contribution in [2.24, 2.45) is 0 Å². The zero-order valence-electron chi connectivity index (χ0n) is 15.2. The van der Waals surface area contributed by atoms with Crippen molar-refractivity contribution in [1.29, 1.82) is 0 Å². The van der Waals surface area contributed by atoms with Crippen molar-refractivity contribution in [2.45, 2.75) is 45.3 Å². The number of aromatic nitrogens is 6. The first kappa shape index (κ1) is 16.2. The topological polar surface area (TPSA) is 81.7 Å². The second-order valence-corrected chi connectivity index (χ2v) is 7.11. The zero-order valence-corrected chi connectivity index (χ0v) is 15.2. The van der Waals surface area contributed by atoms with Crippen molar-refractivity contribution in [3.63, 3.8) is 0 Å². The van der Waals surface area contributed by atoms with Crippen LogP contribution in [0.5, 0.6) is 0 Å². The van der Waals surface area contributed by atoms with E-state index in [2.05, 4.69) is 15.3 Å². The van der Waals surface area contributed by atoms with Crippen molar-refractivity contribution in [3.8, 4) is 11.4 Å². The maximum absolute atomic E-state index is 13.2. The fourth-order valence-corrected chi connectivity index (χ4v) is 3.95. The van der Waals surface area contributed by atoms with Crippen molar-refractivity contribution in [2.75, 3.05) is 6.54 Å². The summed E-state index contributed by atoms with van der Waals surface area (Å²) in [7, 11) is 0. The number of carbonyl (C=O) groups excluding carboxylic acids is 1. The maximum Gasteiger partial charge on any atom is 0.292 e. The molecule has 0 spiro atoms. The number of rotatable bonds is 2. The molecule has 0 radical (unpaired) electrons. The highest BCUT2D eigenvalue weighted by molar-refractivity contribution is 5.91. The van der Waals surface area contributed by atoms with Gasteiger partial charge in [-0.2, -0.15) is 5.10 Å². The molecule has 5 rings (SSSR count). The van der Waals surface area contributed by atoms with Gasteiger partial charge in [-0.05, 0) is 19.8 Å². The fraction of sp³-hybridized carbons (Fsp3) is 0.421. The van der Waals surface area contributed by atoms with Crippen LogP contribution < -0.4 is 0 Å². The first-order valence-corrected chi connectivity index (χ1v) is 9.45. The molecule has 2 aliphatic rings. The van der Waals surface area contributed by atoms with E-state index in [1.165, 1.54) is 0 Å². The average Bonchev–Trinajstić information content (AvgIpc) is 3.33. The van der Waals surface area contributed by atoms with Gasteiger partial charge in [-0.1, -0.05) is 30.3 Å². The van der Waals surface area contributed by atoms with Gasteiger partial charge in [0.25, 0.3) is 5.91 Å². The van der Waals surface area contributed by atoms with Gasteiger partial charge in [0, 0.05) is 25.1 Å². The number of nitrogens with zero attached hydrogens (tertiary/aromatic N) is 7. The number of carbonyl (C=O) groups is 1. The summed E-state index contributed by atoms with van der Waals surface area (Å²) in [5.74, 6) is 2.81. The summed E-state index contributed by atoms with van der Waals surface area (Å²) in [5, 5.41) is 13.0. The Kier molecular flexibility index (Phi) is 3.77. The maximum atomic E-state index is 13.2. The van der Waals surface area contributed by atoms with E-state index in [0.717, 1.165) is 43.0 Å². The zero-order chi connectivity index (χ0) is 18.4. The minimum Gasteiger partial charge on any atom is -0.324 e. The molecule has 0 unspecified atom stereocenters. The number of aryl methyl sites for hydroxylation is 1. The summed E-state index contributed by atoms with van der Waals surface area (Å²) in [5.41, 5.74) is 0.982. The van der Waals surface area contributed by atoms with Gasteiger partial charge in [-0.25, -0.2) is 9.67 Å².